The normalized spacial score (nSPS) is 28.4. The highest BCUT2D eigenvalue weighted by atomic mass is 16.6. The van der Waals surface area contributed by atoms with Crippen LogP contribution in [0, 0.1) is 17.3 Å². The summed E-state index contributed by atoms with van der Waals surface area (Å²) in [7, 11) is 0. The summed E-state index contributed by atoms with van der Waals surface area (Å²) in [6.07, 6.45) is 4.92. The van der Waals surface area contributed by atoms with Crippen LogP contribution in [-0.2, 0) is 23.9 Å². The Balaban J connectivity index is 2.19. The second kappa shape index (κ2) is 15.4. The lowest BCUT2D eigenvalue weighted by molar-refractivity contribution is -0.254. The molecule has 1 spiro atoms. The highest BCUT2D eigenvalue weighted by Gasteiger charge is 2.57. The number of hydrogen-bond acceptors (Lipinski definition) is 8. The molecule has 0 aromatic heterocycles. The smallest absolute Gasteiger partial charge is 0.410 e. The van der Waals surface area contributed by atoms with Crippen LogP contribution in [0.25, 0.3) is 0 Å². The van der Waals surface area contributed by atoms with Crippen molar-refractivity contribution in [3.05, 3.63) is 12.2 Å². The van der Waals surface area contributed by atoms with E-state index in [1.54, 1.807) is 50.5 Å². The molecule has 0 saturated carbocycles. The fourth-order valence-corrected chi connectivity index (χ4v) is 7.95. The number of nitrogens with zero attached hydrogens (tertiary/aromatic N) is 3. The Labute approximate surface area is 305 Å². The number of hydrogen-bond donors (Lipinski definition) is 4. The Morgan fingerprint density at radius 1 is 0.961 bits per heavy atom. The minimum atomic E-state index is -1.47. The van der Waals surface area contributed by atoms with E-state index in [1.165, 1.54) is 5.06 Å². The summed E-state index contributed by atoms with van der Waals surface area (Å²) in [5.41, 5.74) is -5.12. The fourth-order valence-electron chi connectivity index (χ4n) is 7.95. The van der Waals surface area contributed by atoms with E-state index in [-0.39, 0.29) is 43.7 Å². The van der Waals surface area contributed by atoms with Crippen molar-refractivity contribution in [2.45, 2.75) is 162 Å². The van der Waals surface area contributed by atoms with Gasteiger partial charge in [-0.2, -0.15) is 5.06 Å². The molecule has 4 N–H and O–H groups in total. The summed E-state index contributed by atoms with van der Waals surface area (Å²) < 4.78 is 5.85. The number of ether oxygens (including phenoxy) is 1. The lowest BCUT2D eigenvalue weighted by Crippen LogP contribution is -2.74. The van der Waals surface area contributed by atoms with Crippen LogP contribution >= 0.6 is 0 Å². The molecule has 0 aromatic rings. The molecule has 3 rings (SSSR count). The van der Waals surface area contributed by atoms with Crippen molar-refractivity contribution < 1.29 is 33.9 Å². The first kappa shape index (κ1) is 42.2. The first-order chi connectivity index (χ1) is 23.2. The largest absolute Gasteiger partial charge is 0.444 e. The minimum absolute atomic E-state index is 0.0456. The molecule has 5 amide bonds. The van der Waals surface area contributed by atoms with Gasteiger partial charge < -0.3 is 30.8 Å². The maximum atomic E-state index is 14.5. The van der Waals surface area contributed by atoms with Gasteiger partial charge >= 0.3 is 6.09 Å². The molecule has 0 aliphatic carbocycles. The van der Waals surface area contributed by atoms with Gasteiger partial charge in [0.25, 0.3) is 0 Å². The molecule has 0 radical (unpaired) electrons. The van der Waals surface area contributed by atoms with Gasteiger partial charge in [-0.15, -0.1) is 0 Å². The van der Waals surface area contributed by atoms with Crippen molar-refractivity contribution in [3.8, 4) is 0 Å². The molecule has 13 heteroatoms. The topological polar surface area (TPSA) is 161 Å². The van der Waals surface area contributed by atoms with E-state index in [2.05, 4.69) is 16.0 Å². The molecule has 2 fully saturated rings. The summed E-state index contributed by atoms with van der Waals surface area (Å²) in [5, 5.41) is 21.4. The van der Waals surface area contributed by atoms with Crippen LogP contribution < -0.4 is 16.0 Å². The maximum absolute atomic E-state index is 14.5. The van der Waals surface area contributed by atoms with Crippen molar-refractivity contribution >= 4 is 29.7 Å². The predicted octanol–water partition coefficient (Wildman–Crippen LogP) is 4.38. The number of rotatable bonds is 3. The molecule has 51 heavy (non-hydrogen) atoms. The van der Waals surface area contributed by atoms with Crippen molar-refractivity contribution in [1.29, 1.82) is 0 Å². The Kier molecular flexibility index (Phi) is 12.8. The second-order valence-electron chi connectivity index (χ2n) is 18.5. The van der Waals surface area contributed by atoms with Crippen LogP contribution in [0.1, 0.15) is 122 Å². The van der Waals surface area contributed by atoms with E-state index in [9.17, 15) is 29.2 Å². The van der Waals surface area contributed by atoms with Crippen molar-refractivity contribution in [1.82, 2.24) is 30.8 Å². The zero-order valence-corrected chi connectivity index (χ0v) is 33.4. The molecule has 3 aliphatic heterocycles. The molecule has 3 aliphatic rings. The summed E-state index contributed by atoms with van der Waals surface area (Å²) in [6.45, 7) is 24.5. The van der Waals surface area contributed by atoms with Gasteiger partial charge in [-0.3, -0.25) is 24.1 Å². The molecule has 0 bridgehead atoms. The molecule has 3 atom stereocenters. The van der Waals surface area contributed by atoms with Gasteiger partial charge in [0, 0.05) is 30.7 Å². The fraction of sp³-hybridized carbons (Fsp3) is 0.816. The van der Waals surface area contributed by atoms with E-state index in [1.807, 2.05) is 61.5 Å². The van der Waals surface area contributed by atoms with E-state index < -0.39 is 69.6 Å². The molecular weight excluding hydrogens is 652 g/mol. The third kappa shape index (κ3) is 10.0. The van der Waals surface area contributed by atoms with Crippen LogP contribution in [0.2, 0.25) is 0 Å². The maximum Gasteiger partial charge on any atom is 0.410 e. The Hall–Kier alpha value is -3.19. The number of carbonyl (C=O) groups is 5. The summed E-state index contributed by atoms with van der Waals surface area (Å²) >= 11 is 0. The van der Waals surface area contributed by atoms with Crippen LogP contribution in [0.15, 0.2) is 12.2 Å². The lowest BCUT2D eigenvalue weighted by atomic mass is 9.69. The highest BCUT2D eigenvalue weighted by molar-refractivity contribution is 5.97. The van der Waals surface area contributed by atoms with E-state index in [0.29, 0.717) is 25.8 Å². The van der Waals surface area contributed by atoms with Gasteiger partial charge in [-0.05, 0) is 106 Å². The van der Waals surface area contributed by atoms with E-state index in [4.69, 9.17) is 4.74 Å². The van der Waals surface area contributed by atoms with Gasteiger partial charge in [0.15, 0.2) is 0 Å². The number of amides is 5. The zero-order valence-electron chi connectivity index (χ0n) is 33.4. The lowest BCUT2D eigenvalue weighted by Gasteiger charge is -2.56. The Bertz CT molecular complexity index is 1330. The molecule has 1 unspecified atom stereocenters. The van der Waals surface area contributed by atoms with Crippen molar-refractivity contribution in [2.24, 2.45) is 17.3 Å². The highest BCUT2D eigenvalue weighted by Crippen LogP contribution is 2.43. The summed E-state index contributed by atoms with van der Waals surface area (Å²) in [4.78, 5) is 73.8. The van der Waals surface area contributed by atoms with E-state index >= 15 is 0 Å². The third-order valence-electron chi connectivity index (χ3n) is 10.1. The van der Waals surface area contributed by atoms with Gasteiger partial charge in [-0.25, -0.2) is 4.79 Å². The molecule has 0 aromatic carbocycles. The summed E-state index contributed by atoms with van der Waals surface area (Å²) in [6, 6.07) is -2.24. The van der Waals surface area contributed by atoms with Crippen LogP contribution in [0.3, 0.4) is 0 Å². The second-order valence-corrected chi connectivity index (χ2v) is 18.5. The number of carbonyl (C=O) groups excluding carboxylic acids is 5. The average Bonchev–Trinajstić information content (AvgIpc) is 3.46. The molecular formula is C38H66N6O7. The third-order valence-corrected chi connectivity index (χ3v) is 10.1. The molecule has 290 valence electrons. The van der Waals surface area contributed by atoms with E-state index in [0.717, 1.165) is 0 Å². The summed E-state index contributed by atoms with van der Waals surface area (Å²) in [5.74, 6) is -1.80. The number of nitrogens with one attached hydrogen (secondary N) is 3. The van der Waals surface area contributed by atoms with Crippen LogP contribution in [-0.4, -0.2) is 110 Å². The first-order valence-corrected chi connectivity index (χ1v) is 18.6. The van der Waals surface area contributed by atoms with Gasteiger partial charge in [0.1, 0.15) is 23.2 Å². The number of fused-ring (bicyclic) bond motifs is 1. The number of hydroxylamine groups is 2. The quantitative estimate of drug-likeness (QED) is 0.313. The monoisotopic (exact) mass is 718 g/mol. The minimum Gasteiger partial charge on any atom is -0.444 e. The van der Waals surface area contributed by atoms with Gasteiger partial charge in [0.05, 0.1) is 11.5 Å². The number of piperidine rings is 1. The van der Waals surface area contributed by atoms with Crippen LogP contribution in [0.4, 0.5) is 4.79 Å². The SMILES string of the molecule is CC(C)CC1/C=C/C(C)(C)C(=O)N2CCC[C@@H]2C(=O)N[C@@H](C(C)C)C(=O)NC2(CC(C)(C)N(O)C(C)(C)C2)C(=O)NCCN1C(=O)OC(C)(C)C. The van der Waals surface area contributed by atoms with Gasteiger partial charge in [-0.1, -0.05) is 39.8 Å². The van der Waals surface area contributed by atoms with Crippen LogP contribution in [0.5, 0.6) is 0 Å². The average molecular weight is 719 g/mol. The Morgan fingerprint density at radius 3 is 2.08 bits per heavy atom. The first-order valence-electron chi connectivity index (χ1n) is 18.6. The van der Waals surface area contributed by atoms with Gasteiger partial charge in [0.2, 0.25) is 23.6 Å². The van der Waals surface area contributed by atoms with Crippen molar-refractivity contribution in [2.75, 3.05) is 19.6 Å². The standard InChI is InChI=1S/C38H66N6O7/c1-24(2)21-26-16-17-35(8,9)32(48)43-19-14-15-27(43)29(45)40-28(25(3)4)30(46)41-38(22-36(10,11)44(50)37(12,13)23-38)31(47)39-18-20-42(26)33(49)51-34(5,6)7/h16-17,24-28,50H,14-15,18-23H2,1-13H3,(H,39,47)(H,40,45)(H,41,46)/b17-16+/t26?,27-,28+/m1/s1. The van der Waals surface area contributed by atoms with Crippen molar-refractivity contribution in [3.63, 3.8) is 0 Å². The Morgan fingerprint density at radius 2 is 1.55 bits per heavy atom. The predicted molar refractivity (Wildman–Crippen MR) is 196 cm³/mol. The molecule has 2 saturated heterocycles. The molecule has 3 heterocycles. The zero-order chi connectivity index (χ0) is 38.9. The molecule has 13 nitrogen and oxygen atoms in total.